The van der Waals surface area contributed by atoms with Gasteiger partial charge < -0.3 is 15.8 Å². The topological polar surface area (TPSA) is 73.1 Å². The van der Waals surface area contributed by atoms with E-state index in [0.29, 0.717) is 28.8 Å². The SMILES string of the molecule is Nc1ncc(-c2ccc(C3CCOCC3)c([C@@H]3CC4(CCC4)CN3)c2)cc1-c1ccnc(F)c1. The largest absolute Gasteiger partial charge is 0.383 e. The van der Waals surface area contributed by atoms with Gasteiger partial charge in [-0.2, -0.15) is 4.39 Å². The van der Waals surface area contributed by atoms with Crippen LogP contribution in [0.5, 0.6) is 0 Å². The van der Waals surface area contributed by atoms with Crippen LogP contribution in [0.4, 0.5) is 10.2 Å². The van der Waals surface area contributed by atoms with Crippen molar-refractivity contribution in [3.05, 3.63) is 65.9 Å². The lowest BCUT2D eigenvalue weighted by atomic mass is 9.67. The summed E-state index contributed by atoms with van der Waals surface area (Å²) in [6.45, 7) is 2.79. The van der Waals surface area contributed by atoms with Gasteiger partial charge in [0.05, 0.1) is 0 Å². The fraction of sp³-hybridized carbons (Fsp3) is 0.429. The van der Waals surface area contributed by atoms with Gasteiger partial charge in [-0.25, -0.2) is 9.97 Å². The smallest absolute Gasteiger partial charge is 0.213 e. The van der Waals surface area contributed by atoms with Crippen LogP contribution in [0.2, 0.25) is 0 Å². The Balaban J connectivity index is 1.39. The van der Waals surface area contributed by atoms with Crippen molar-refractivity contribution in [3.8, 4) is 22.3 Å². The number of halogens is 1. The highest BCUT2D eigenvalue weighted by Crippen LogP contribution is 2.51. The molecule has 5 nitrogen and oxygen atoms in total. The van der Waals surface area contributed by atoms with Crippen LogP contribution in [0.25, 0.3) is 22.3 Å². The zero-order chi connectivity index (χ0) is 23.1. The monoisotopic (exact) mass is 458 g/mol. The molecule has 0 unspecified atom stereocenters. The molecule has 2 aromatic heterocycles. The van der Waals surface area contributed by atoms with Gasteiger partial charge in [-0.05, 0) is 83.9 Å². The first-order valence-electron chi connectivity index (χ1n) is 12.4. The molecule has 34 heavy (non-hydrogen) atoms. The fourth-order valence-electron chi connectivity index (χ4n) is 6.07. The first-order valence-corrected chi connectivity index (χ1v) is 12.4. The molecule has 176 valence electrons. The zero-order valence-corrected chi connectivity index (χ0v) is 19.4. The first-order chi connectivity index (χ1) is 16.6. The highest BCUT2D eigenvalue weighted by atomic mass is 19.1. The van der Waals surface area contributed by atoms with Crippen molar-refractivity contribution < 1.29 is 9.13 Å². The maximum Gasteiger partial charge on any atom is 0.213 e. The van der Waals surface area contributed by atoms with Crippen molar-refractivity contribution in [1.82, 2.24) is 15.3 Å². The molecule has 1 aromatic carbocycles. The normalized spacial score (nSPS) is 22.1. The third-order valence-corrected chi connectivity index (χ3v) is 8.19. The Bertz CT molecular complexity index is 1200. The summed E-state index contributed by atoms with van der Waals surface area (Å²) in [5.74, 6) is 0.401. The predicted molar refractivity (Wildman–Crippen MR) is 132 cm³/mol. The number of nitrogens with two attached hydrogens (primary N) is 1. The standard InChI is InChI=1S/C28H31FN4O/c29-26-14-20(4-9-31-26)23-13-21(16-32-27(23)30)19-2-3-22(18-5-10-34-11-6-18)24(12-19)25-15-28(17-33-25)7-1-8-28/h2-4,9,12-14,16,18,25,33H,1,5-8,10-11,15,17H2,(H2,30,32)/t25-/m0/s1. The van der Waals surface area contributed by atoms with Crippen LogP contribution < -0.4 is 11.1 Å². The van der Waals surface area contributed by atoms with E-state index in [2.05, 4.69) is 33.5 Å². The van der Waals surface area contributed by atoms with E-state index >= 15 is 0 Å². The molecule has 1 aliphatic carbocycles. The molecule has 3 fully saturated rings. The van der Waals surface area contributed by atoms with Crippen LogP contribution >= 0.6 is 0 Å². The molecule has 1 spiro atoms. The zero-order valence-electron chi connectivity index (χ0n) is 19.4. The summed E-state index contributed by atoms with van der Waals surface area (Å²) in [7, 11) is 0. The summed E-state index contributed by atoms with van der Waals surface area (Å²) in [5.41, 5.74) is 13.1. The fourth-order valence-corrected chi connectivity index (χ4v) is 6.07. The average Bonchev–Trinajstić information content (AvgIpc) is 3.31. The Kier molecular flexibility index (Phi) is 5.58. The summed E-state index contributed by atoms with van der Waals surface area (Å²) in [5, 5.41) is 3.86. The Morgan fingerprint density at radius 3 is 2.56 bits per heavy atom. The van der Waals surface area contributed by atoms with Crippen molar-refractivity contribution in [2.45, 2.75) is 50.5 Å². The van der Waals surface area contributed by atoms with Gasteiger partial charge in [-0.1, -0.05) is 18.6 Å². The number of hydrogen-bond acceptors (Lipinski definition) is 5. The number of aromatic nitrogens is 2. The maximum absolute atomic E-state index is 13.8. The molecule has 1 saturated carbocycles. The van der Waals surface area contributed by atoms with Gasteiger partial charge in [0.15, 0.2) is 0 Å². The molecule has 2 aliphatic heterocycles. The highest BCUT2D eigenvalue weighted by Gasteiger charge is 2.44. The highest BCUT2D eigenvalue weighted by molar-refractivity contribution is 5.79. The van der Waals surface area contributed by atoms with Crippen LogP contribution in [-0.4, -0.2) is 29.7 Å². The Hall–Kier alpha value is -2.83. The van der Waals surface area contributed by atoms with Gasteiger partial charge >= 0.3 is 0 Å². The van der Waals surface area contributed by atoms with Gasteiger partial charge in [0.25, 0.3) is 0 Å². The number of rotatable bonds is 4. The van der Waals surface area contributed by atoms with Gasteiger partial charge in [0.2, 0.25) is 5.95 Å². The lowest BCUT2D eigenvalue weighted by Gasteiger charge is -2.37. The molecule has 4 heterocycles. The summed E-state index contributed by atoms with van der Waals surface area (Å²) < 4.78 is 19.4. The first kappa shape index (κ1) is 21.7. The van der Waals surface area contributed by atoms with Crippen molar-refractivity contribution in [1.29, 1.82) is 0 Å². The molecule has 6 rings (SSSR count). The Labute approximate surface area is 200 Å². The number of nitrogens with zero attached hydrogens (tertiary/aromatic N) is 2. The summed E-state index contributed by atoms with van der Waals surface area (Å²) >= 11 is 0. The molecule has 6 heteroatoms. The van der Waals surface area contributed by atoms with Crippen molar-refractivity contribution in [2.75, 3.05) is 25.5 Å². The number of anilines is 1. The third kappa shape index (κ3) is 3.99. The number of benzene rings is 1. The predicted octanol–water partition coefficient (Wildman–Crippen LogP) is 5.63. The molecule has 1 atom stereocenters. The van der Waals surface area contributed by atoms with Crippen molar-refractivity contribution >= 4 is 5.82 Å². The van der Waals surface area contributed by atoms with E-state index in [1.54, 1.807) is 6.07 Å². The number of hydrogen-bond donors (Lipinski definition) is 2. The molecule has 0 bridgehead atoms. The number of ether oxygens (including phenoxy) is 1. The van der Waals surface area contributed by atoms with Crippen LogP contribution in [0.15, 0.2) is 48.8 Å². The molecule has 3 N–H and O–H groups in total. The van der Waals surface area contributed by atoms with Crippen LogP contribution in [0, 0.1) is 11.4 Å². The van der Waals surface area contributed by atoms with Crippen LogP contribution in [-0.2, 0) is 4.74 Å². The van der Waals surface area contributed by atoms with Crippen LogP contribution in [0.3, 0.4) is 0 Å². The second kappa shape index (κ2) is 8.75. The van der Waals surface area contributed by atoms with E-state index in [-0.39, 0.29) is 0 Å². The molecule has 3 aliphatic rings. The maximum atomic E-state index is 13.8. The van der Waals surface area contributed by atoms with E-state index in [0.717, 1.165) is 49.3 Å². The van der Waals surface area contributed by atoms with E-state index in [9.17, 15) is 4.39 Å². The minimum absolute atomic E-state index is 0.383. The lowest BCUT2D eigenvalue weighted by Crippen LogP contribution is -2.31. The summed E-state index contributed by atoms with van der Waals surface area (Å²) in [4.78, 5) is 8.11. The van der Waals surface area contributed by atoms with Gasteiger partial charge in [-0.3, -0.25) is 0 Å². The minimum Gasteiger partial charge on any atom is -0.383 e. The van der Waals surface area contributed by atoms with E-state index < -0.39 is 5.95 Å². The number of nitrogen functional groups attached to an aromatic ring is 1. The Morgan fingerprint density at radius 2 is 1.82 bits per heavy atom. The second-order valence-corrected chi connectivity index (χ2v) is 10.2. The van der Waals surface area contributed by atoms with Gasteiger partial charge in [-0.15, -0.1) is 0 Å². The van der Waals surface area contributed by atoms with Gasteiger partial charge in [0.1, 0.15) is 5.82 Å². The minimum atomic E-state index is -0.525. The quantitative estimate of drug-likeness (QED) is 0.496. The number of nitrogens with one attached hydrogen (secondary N) is 1. The molecular formula is C28H31FN4O. The molecule has 2 saturated heterocycles. The summed E-state index contributed by atoms with van der Waals surface area (Å²) in [6.07, 6.45) is 10.7. The summed E-state index contributed by atoms with van der Waals surface area (Å²) in [6, 6.07) is 12.4. The third-order valence-electron chi connectivity index (χ3n) is 8.19. The van der Waals surface area contributed by atoms with Crippen molar-refractivity contribution in [2.24, 2.45) is 5.41 Å². The second-order valence-electron chi connectivity index (χ2n) is 10.2. The van der Waals surface area contributed by atoms with E-state index in [1.165, 1.54) is 49.1 Å². The van der Waals surface area contributed by atoms with Crippen LogP contribution in [0.1, 0.15) is 61.6 Å². The molecular weight excluding hydrogens is 427 g/mol. The average molecular weight is 459 g/mol. The van der Waals surface area contributed by atoms with E-state index in [1.807, 2.05) is 12.3 Å². The van der Waals surface area contributed by atoms with E-state index in [4.69, 9.17) is 10.5 Å². The van der Waals surface area contributed by atoms with Gasteiger partial charge in [0, 0.05) is 55.4 Å². The van der Waals surface area contributed by atoms with Crippen molar-refractivity contribution in [3.63, 3.8) is 0 Å². The molecule has 3 aromatic rings. The lowest BCUT2D eigenvalue weighted by molar-refractivity contribution is 0.0850. The molecule has 0 radical (unpaired) electrons. The molecule has 0 amide bonds. The Morgan fingerprint density at radius 1 is 0.971 bits per heavy atom. The number of pyridine rings is 2.